The molecule has 0 bridgehead atoms. The molecule has 4 heteroatoms. The van der Waals surface area contributed by atoms with E-state index in [0.717, 1.165) is 12.0 Å². The Bertz CT molecular complexity index is 348. The van der Waals surface area contributed by atoms with E-state index in [1.807, 2.05) is 19.1 Å². The van der Waals surface area contributed by atoms with Crippen LogP contribution in [-0.4, -0.2) is 23.5 Å². The summed E-state index contributed by atoms with van der Waals surface area (Å²) in [5.74, 6) is 0.724. The molecule has 1 aliphatic heterocycles. The smallest absolute Gasteiger partial charge is 0.220 e. The number of carbonyl (C=O) groups is 1. The number of ether oxygens (including phenoxy) is 1. The van der Waals surface area contributed by atoms with Crippen LogP contribution in [-0.2, 0) is 4.79 Å². The fourth-order valence-electron chi connectivity index (χ4n) is 1.53. The van der Waals surface area contributed by atoms with Crippen LogP contribution in [0.25, 0.3) is 0 Å². The molecule has 4 nitrogen and oxygen atoms in total. The monoisotopic (exact) mass is 206 g/mol. The maximum Gasteiger partial charge on any atom is 0.220 e. The van der Waals surface area contributed by atoms with Gasteiger partial charge in [-0.2, -0.15) is 0 Å². The molecule has 1 atom stereocenters. The van der Waals surface area contributed by atoms with Crippen LogP contribution < -0.4 is 10.1 Å². The molecule has 2 rings (SSSR count). The molecule has 1 amide bonds. The molecule has 0 spiro atoms. The van der Waals surface area contributed by atoms with Gasteiger partial charge in [-0.3, -0.25) is 4.79 Å². The molecule has 1 N–H and O–H groups in total. The molecular weight excluding hydrogens is 192 g/mol. The highest BCUT2D eigenvalue weighted by molar-refractivity contribution is 5.78. The van der Waals surface area contributed by atoms with Gasteiger partial charge >= 0.3 is 0 Å². The molecule has 1 aromatic rings. The number of nitrogens with one attached hydrogen (secondary N) is 1. The summed E-state index contributed by atoms with van der Waals surface area (Å²) in [4.78, 5) is 15.1. The zero-order valence-corrected chi connectivity index (χ0v) is 8.69. The molecule has 1 aromatic heterocycles. The zero-order chi connectivity index (χ0) is 10.7. The second kappa shape index (κ2) is 4.29. The van der Waals surface area contributed by atoms with Gasteiger partial charge in [0.25, 0.3) is 0 Å². The maximum absolute atomic E-state index is 10.9. The lowest BCUT2D eigenvalue weighted by atomic mass is 10.2. The van der Waals surface area contributed by atoms with Gasteiger partial charge in [0.15, 0.2) is 0 Å². The summed E-state index contributed by atoms with van der Waals surface area (Å²) >= 11 is 0. The average Bonchev–Trinajstić information content (AvgIpc) is 2.64. The highest BCUT2D eigenvalue weighted by Gasteiger charge is 2.20. The minimum Gasteiger partial charge on any atom is -0.475 e. The second-order valence-corrected chi connectivity index (χ2v) is 3.79. The Morgan fingerprint density at radius 1 is 1.60 bits per heavy atom. The fraction of sp³-hybridized carbons (Fsp3) is 0.455. The van der Waals surface area contributed by atoms with Crippen LogP contribution in [0.4, 0.5) is 0 Å². The van der Waals surface area contributed by atoms with Crippen LogP contribution in [0.15, 0.2) is 18.3 Å². The Hall–Kier alpha value is -1.58. The van der Waals surface area contributed by atoms with Gasteiger partial charge in [-0.1, -0.05) is 6.07 Å². The maximum atomic E-state index is 10.9. The topological polar surface area (TPSA) is 51.2 Å². The summed E-state index contributed by atoms with van der Waals surface area (Å²) in [5, 5.41) is 2.84. The third kappa shape index (κ3) is 2.68. The van der Waals surface area contributed by atoms with Crippen LogP contribution in [0.1, 0.15) is 18.4 Å². The quantitative estimate of drug-likeness (QED) is 0.804. The van der Waals surface area contributed by atoms with Crippen molar-refractivity contribution in [1.82, 2.24) is 10.3 Å². The van der Waals surface area contributed by atoms with E-state index in [4.69, 9.17) is 4.74 Å². The van der Waals surface area contributed by atoms with Gasteiger partial charge in [-0.05, 0) is 18.9 Å². The van der Waals surface area contributed by atoms with Gasteiger partial charge < -0.3 is 10.1 Å². The van der Waals surface area contributed by atoms with Gasteiger partial charge in [0.05, 0.1) is 6.04 Å². The van der Waals surface area contributed by atoms with E-state index in [-0.39, 0.29) is 11.9 Å². The van der Waals surface area contributed by atoms with Crippen LogP contribution in [0.5, 0.6) is 5.88 Å². The first kappa shape index (κ1) is 9.96. The number of nitrogens with zero attached hydrogens (tertiary/aromatic N) is 1. The number of aromatic nitrogens is 1. The van der Waals surface area contributed by atoms with Crippen LogP contribution in [0.3, 0.4) is 0 Å². The molecule has 80 valence electrons. The van der Waals surface area contributed by atoms with Crippen molar-refractivity contribution in [2.45, 2.75) is 25.8 Å². The number of aryl methyl sites for hydroxylation is 1. The lowest BCUT2D eigenvalue weighted by molar-refractivity contribution is -0.119. The first-order chi connectivity index (χ1) is 7.24. The third-order valence-electron chi connectivity index (χ3n) is 2.40. The molecule has 0 radical (unpaired) electrons. The zero-order valence-electron chi connectivity index (χ0n) is 8.69. The van der Waals surface area contributed by atoms with Crippen molar-refractivity contribution in [3.63, 3.8) is 0 Å². The first-order valence-electron chi connectivity index (χ1n) is 5.09. The van der Waals surface area contributed by atoms with E-state index in [2.05, 4.69) is 10.3 Å². The summed E-state index contributed by atoms with van der Waals surface area (Å²) in [7, 11) is 0. The minimum atomic E-state index is 0.112. The summed E-state index contributed by atoms with van der Waals surface area (Å²) in [5.41, 5.74) is 1.11. The Balaban J connectivity index is 1.83. The van der Waals surface area contributed by atoms with Gasteiger partial charge in [0.1, 0.15) is 6.61 Å². The summed E-state index contributed by atoms with van der Waals surface area (Å²) in [6.07, 6.45) is 3.22. The molecule has 1 unspecified atom stereocenters. The fourth-order valence-corrected chi connectivity index (χ4v) is 1.53. The number of pyridine rings is 1. The van der Waals surface area contributed by atoms with E-state index >= 15 is 0 Å². The van der Waals surface area contributed by atoms with Crippen LogP contribution in [0.2, 0.25) is 0 Å². The summed E-state index contributed by atoms with van der Waals surface area (Å²) in [6.45, 7) is 2.48. The first-order valence-corrected chi connectivity index (χ1v) is 5.09. The van der Waals surface area contributed by atoms with Crippen molar-refractivity contribution in [3.05, 3.63) is 23.9 Å². The van der Waals surface area contributed by atoms with Crippen molar-refractivity contribution >= 4 is 5.91 Å². The van der Waals surface area contributed by atoms with Gasteiger partial charge in [0.2, 0.25) is 11.8 Å². The molecule has 15 heavy (non-hydrogen) atoms. The van der Waals surface area contributed by atoms with Crippen LogP contribution in [0, 0.1) is 6.92 Å². The number of carbonyl (C=O) groups excluding carboxylic acids is 1. The molecule has 1 aliphatic rings. The lowest BCUT2D eigenvalue weighted by Crippen LogP contribution is -2.30. The lowest BCUT2D eigenvalue weighted by Gasteiger charge is -2.10. The van der Waals surface area contributed by atoms with E-state index in [0.29, 0.717) is 18.9 Å². The van der Waals surface area contributed by atoms with Crippen molar-refractivity contribution in [3.8, 4) is 5.88 Å². The van der Waals surface area contributed by atoms with E-state index in [1.54, 1.807) is 6.20 Å². The predicted octanol–water partition coefficient (Wildman–Crippen LogP) is 1.05. The van der Waals surface area contributed by atoms with Gasteiger partial charge in [-0.15, -0.1) is 0 Å². The number of hydrogen-bond donors (Lipinski definition) is 1. The normalized spacial score (nSPS) is 20.1. The van der Waals surface area contributed by atoms with Gasteiger partial charge in [0, 0.05) is 18.7 Å². The molecule has 0 aliphatic carbocycles. The predicted molar refractivity (Wildman–Crippen MR) is 55.6 cm³/mol. The Morgan fingerprint density at radius 3 is 3.07 bits per heavy atom. The molecular formula is C11H14N2O2. The SMILES string of the molecule is Cc1ccc(OCC2CCC(=O)N2)nc1. The summed E-state index contributed by atoms with van der Waals surface area (Å²) < 4.78 is 5.47. The third-order valence-corrected chi connectivity index (χ3v) is 2.40. The van der Waals surface area contributed by atoms with E-state index in [1.165, 1.54) is 0 Å². The molecule has 0 saturated carbocycles. The Labute approximate surface area is 88.7 Å². The summed E-state index contributed by atoms with van der Waals surface area (Å²) in [6, 6.07) is 3.93. The largest absolute Gasteiger partial charge is 0.475 e. The van der Waals surface area contributed by atoms with E-state index in [9.17, 15) is 4.79 Å². The molecule has 2 heterocycles. The highest BCUT2D eigenvalue weighted by Crippen LogP contribution is 2.10. The average molecular weight is 206 g/mol. The minimum absolute atomic E-state index is 0.112. The second-order valence-electron chi connectivity index (χ2n) is 3.79. The molecule has 1 saturated heterocycles. The Morgan fingerprint density at radius 2 is 2.47 bits per heavy atom. The molecule has 1 fully saturated rings. The van der Waals surface area contributed by atoms with Gasteiger partial charge in [-0.25, -0.2) is 4.98 Å². The highest BCUT2D eigenvalue weighted by atomic mass is 16.5. The van der Waals surface area contributed by atoms with Crippen molar-refractivity contribution < 1.29 is 9.53 Å². The van der Waals surface area contributed by atoms with Crippen molar-refractivity contribution in [2.75, 3.05) is 6.61 Å². The van der Waals surface area contributed by atoms with Crippen molar-refractivity contribution in [2.24, 2.45) is 0 Å². The standard InChI is InChI=1S/C11H14N2O2/c1-8-2-5-11(12-6-8)15-7-9-3-4-10(14)13-9/h2,5-6,9H,3-4,7H2,1H3,(H,13,14). The number of amides is 1. The van der Waals surface area contributed by atoms with E-state index < -0.39 is 0 Å². The molecule has 0 aromatic carbocycles. The Kier molecular flexibility index (Phi) is 2.85. The number of hydrogen-bond acceptors (Lipinski definition) is 3. The number of rotatable bonds is 3. The van der Waals surface area contributed by atoms with Crippen LogP contribution >= 0.6 is 0 Å². The van der Waals surface area contributed by atoms with Crippen molar-refractivity contribution in [1.29, 1.82) is 0 Å².